The van der Waals surface area contributed by atoms with Crippen LogP contribution < -0.4 is 10.6 Å². The maximum Gasteiger partial charge on any atom is 0.321 e. The first kappa shape index (κ1) is 17.2. The zero-order chi connectivity index (χ0) is 15.9. The number of carbonyl (C=O) groups is 2. The van der Waals surface area contributed by atoms with Crippen molar-refractivity contribution in [1.29, 1.82) is 0 Å². The molecule has 7 heteroatoms. The molecule has 2 N–H and O–H groups in total. The van der Waals surface area contributed by atoms with Crippen LogP contribution in [0.15, 0.2) is 24.3 Å². The van der Waals surface area contributed by atoms with Gasteiger partial charge in [0.15, 0.2) is 9.84 Å². The fraction of sp³-hybridized carbons (Fsp3) is 0.429. The van der Waals surface area contributed by atoms with E-state index in [-0.39, 0.29) is 24.3 Å². The molecule has 0 saturated carbocycles. The van der Waals surface area contributed by atoms with E-state index in [0.717, 1.165) is 11.1 Å². The molecule has 1 aromatic carbocycles. The predicted molar refractivity (Wildman–Crippen MR) is 80.5 cm³/mol. The van der Waals surface area contributed by atoms with E-state index in [1.165, 1.54) is 7.05 Å². The van der Waals surface area contributed by atoms with Gasteiger partial charge in [0.25, 0.3) is 0 Å². The highest BCUT2D eigenvalue weighted by Crippen LogP contribution is 2.10. The lowest BCUT2D eigenvalue weighted by molar-refractivity contribution is -0.120. The predicted octanol–water partition coefficient (Wildman–Crippen LogP) is 1.15. The van der Waals surface area contributed by atoms with Crippen molar-refractivity contribution in [3.05, 3.63) is 35.4 Å². The third-order valence-electron chi connectivity index (χ3n) is 2.81. The third kappa shape index (κ3) is 6.89. The molecule has 0 unspecified atom stereocenters. The molecular formula is C14H20N2O4S. The lowest BCUT2D eigenvalue weighted by atomic mass is 10.2. The average Bonchev–Trinajstić information content (AvgIpc) is 2.37. The van der Waals surface area contributed by atoms with Crippen LogP contribution in [0.25, 0.3) is 0 Å². The first-order valence-corrected chi connectivity index (χ1v) is 8.42. The standard InChI is InChI=1S/C14H20N2O4S/c1-11-5-3-6-12(9-11)10-21(19,20)8-4-7-13(17)16-14(18)15-2/h3,5-6,9H,4,7-8,10H2,1-2H3,(H2,15,16,17,18). The molecule has 0 heterocycles. The summed E-state index contributed by atoms with van der Waals surface area (Å²) in [6.07, 6.45) is 0.192. The number of sulfone groups is 1. The van der Waals surface area contributed by atoms with Gasteiger partial charge in [-0.05, 0) is 18.9 Å². The number of urea groups is 1. The number of amides is 3. The van der Waals surface area contributed by atoms with Crippen molar-refractivity contribution in [3.8, 4) is 0 Å². The lowest BCUT2D eigenvalue weighted by Crippen LogP contribution is -2.37. The monoisotopic (exact) mass is 312 g/mol. The van der Waals surface area contributed by atoms with Crippen molar-refractivity contribution < 1.29 is 18.0 Å². The van der Waals surface area contributed by atoms with E-state index in [1.54, 1.807) is 6.07 Å². The Morgan fingerprint density at radius 1 is 1.24 bits per heavy atom. The van der Waals surface area contributed by atoms with Gasteiger partial charge in [-0.15, -0.1) is 0 Å². The van der Waals surface area contributed by atoms with Gasteiger partial charge in [-0.1, -0.05) is 29.8 Å². The van der Waals surface area contributed by atoms with Crippen LogP contribution in [-0.4, -0.2) is 33.2 Å². The van der Waals surface area contributed by atoms with Gasteiger partial charge in [-0.25, -0.2) is 13.2 Å². The number of hydrogen-bond donors (Lipinski definition) is 2. The van der Waals surface area contributed by atoms with Gasteiger partial charge < -0.3 is 5.32 Å². The van der Waals surface area contributed by atoms with E-state index < -0.39 is 21.8 Å². The maximum absolute atomic E-state index is 12.0. The number of imide groups is 1. The molecule has 0 aliphatic carbocycles. The Bertz CT molecular complexity index is 611. The van der Waals surface area contributed by atoms with E-state index in [1.807, 2.05) is 25.1 Å². The highest BCUT2D eigenvalue weighted by molar-refractivity contribution is 7.90. The molecule has 0 spiro atoms. The fourth-order valence-corrected chi connectivity index (χ4v) is 3.25. The number of benzene rings is 1. The zero-order valence-electron chi connectivity index (χ0n) is 12.2. The summed E-state index contributed by atoms with van der Waals surface area (Å²) in [5.41, 5.74) is 1.75. The van der Waals surface area contributed by atoms with E-state index in [9.17, 15) is 18.0 Å². The van der Waals surface area contributed by atoms with Crippen molar-refractivity contribution in [3.63, 3.8) is 0 Å². The number of carbonyl (C=O) groups excluding carboxylic acids is 2. The van der Waals surface area contributed by atoms with Gasteiger partial charge >= 0.3 is 6.03 Å². The molecule has 0 aliphatic heterocycles. The summed E-state index contributed by atoms with van der Waals surface area (Å²) in [5.74, 6) is -0.603. The summed E-state index contributed by atoms with van der Waals surface area (Å²) >= 11 is 0. The van der Waals surface area contributed by atoms with Gasteiger partial charge in [0.1, 0.15) is 0 Å². The normalized spacial score (nSPS) is 11.0. The SMILES string of the molecule is CNC(=O)NC(=O)CCCS(=O)(=O)Cc1cccc(C)c1. The van der Waals surface area contributed by atoms with Crippen molar-refractivity contribution >= 4 is 21.8 Å². The van der Waals surface area contributed by atoms with Crippen molar-refractivity contribution in [2.75, 3.05) is 12.8 Å². The quantitative estimate of drug-likeness (QED) is 0.824. The Balaban J connectivity index is 2.43. The van der Waals surface area contributed by atoms with E-state index in [4.69, 9.17) is 0 Å². The summed E-state index contributed by atoms with van der Waals surface area (Å²) < 4.78 is 23.9. The summed E-state index contributed by atoms with van der Waals surface area (Å²) in [5, 5.41) is 4.34. The Morgan fingerprint density at radius 2 is 1.95 bits per heavy atom. The molecule has 0 aliphatic rings. The summed E-state index contributed by atoms with van der Waals surface area (Å²) in [6, 6.07) is 6.72. The third-order valence-corrected chi connectivity index (χ3v) is 4.49. The van der Waals surface area contributed by atoms with Crippen LogP contribution in [0.2, 0.25) is 0 Å². The first-order chi connectivity index (χ1) is 9.82. The Morgan fingerprint density at radius 3 is 2.57 bits per heavy atom. The number of aryl methyl sites for hydroxylation is 1. The zero-order valence-corrected chi connectivity index (χ0v) is 13.0. The molecule has 0 atom stereocenters. The van der Waals surface area contributed by atoms with Gasteiger partial charge in [0.2, 0.25) is 5.91 Å². The minimum atomic E-state index is -3.26. The second-order valence-corrected chi connectivity index (χ2v) is 7.00. The number of hydrogen-bond acceptors (Lipinski definition) is 4. The summed E-state index contributed by atoms with van der Waals surface area (Å²) in [6.45, 7) is 1.90. The molecule has 1 rings (SSSR count). The Kier molecular flexibility index (Phi) is 6.36. The van der Waals surface area contributed by atoms with Crippen LogP contribution >= 0.6 is 0 Å². The molecule has 0 bridgehead atoms. The molecule has 6 nitrogen and oxygen atoms in total. The molecule has 1 aromatic rings. The fourth-order valence-electron chi connectivity index (χ4n) is 1.83. The van der Waals surface area contributed by atoms with Gasteiger partial charge in [-0.2, -0.15) is 0 Å². The smallest absolute Gasteiger partial charge is 0.321 e. The summed E-state index contributed by atoms with van der Waals surface area (Å²) in [7, 11) is -1.86. The highest BCUT2D eigenvalue weighted by atomic mass is 32.2. The molecule has 21 heavy (non-hydrogen) atoms. The highest BCUT2D eigenvalue weighted by Gasteiger charge is 2.14. The van der Waals surface area contributed by atoms with Crippen molar-refractivity contribution in [2.45, 2.75) is 25.5 Å². The molecule has 116 valence electrons. The minimum absolute atomic E-state index is 0.000464. The molecular weight excluding hydrogens is 292 g/mol. The molecule has 0 aromatic heterocycles. The molecule has 0 saturated heterocycles. The van der Waals surface area contributed by atoms with Crippen LogP contribution in [0.4, 0.5) is 4.79 Å². The molecule has 3 amide bonds. The van der Waals surface area contributed by atoms with E-state index >= 15 is 0 Å². The summed E-state index contributed by atoms with van der Waals surface area (Å²) in [4.78, 5) is 22.2. The second kappa shape index (κ2) is 7.78. The van der Waals surface area contributed by atoms with Gasteiger partial charge in [0.05, 0.1) is 11.5 Å². The van der Waals surface area contributed by atoms with E-state index in [2.05, 4.69) is 10.6 Å². The van der Waals surface area contributed by atoms with E-state index in [0.29, 0.717) is 0 Å². The molecule has 0 radical (unpaired) electrons. The first-order valence-electron chi connectivity index (χ1n) is 6.60. The van der Waals surface area contributed by atoms with Gasteiger partial charge in [0, 0.05) is 13.5 Å². The lowest BCUT2D eigenvalue weighted by Gasteiger charge is -2.06. The number of rotatable bonds is 6. The van der Waals surface area contributed by atoms with Crippen molar-refractivity contribution in [2.24, 2.45) is 0 Å². The maximum atomic E-state index is 12.0. The topological polar surface area (TPSA) is 92.3 Å². The molecule has 0 fully saturated rings. The Labute approximate surface area is 124 Å². The largest absolute Gasteiger partial charge is 0.341 e. The van der Waals surface area contributed by atoms with Crippen LogP contribution in [-0.2, 0) is 20.4 Å². The van der Waals surface area contributed by atoms with Crippen LogP contribution in [0.3, 0.4) is 0 Å². The second-order valence-electron chi connectivity index (χ2n) is 4.81. The van der Waals surface area contributed by atoms with Crippen LogP contribution in [0, 0.1) is 6.92 Å². The average molecular weight is 312 g/mol. The Hall–Kier alpha value is -1.89. The number of nitrogens with one attached hydrogen (secondary N) is 2. The minimum Gasteiger partial charge on any atom is -0.341 e. The van der Waals surface area contributed by atoms with Crippen LogP contribution in [0.1, 0.15) is 24.0 Å². The van der Waals surface area contributed by atoms with Crippen LogP contribution in [0.5, 0.6) is 0 Å². The van der Waals surface area contributed by atoms with Crippen molar-refractivity contribution in [1.82, 2.24) is 10.6 Å². The van der Waals surface area contributed by atoms with Gasteiger partial charge in [-0.3, -0.25) is 10.1 Å².